The van der Waals surface area contributed by atoms with Gasteiger partial charge in [0.25, 0.3) is 0 Å². The molecule has 1 nitrogen and oxygen atoms in total. The van der Waals surface area contributed by atoms with Crippen LogP contribution in [0.4, 0.5) is 0 Å². The van der Waals surface area contributed by atoms with Crippen LogP contribution in [0, 0.1) is 6.92 Å². The fourth-order valence-electron chi connectivity index (χ4n) is 1.48. The highest BCUT2D eigenvalue weighted by atomic mass is 16.5. The van der Waals surface area contributed by atoms with Gasteiger partial charge in [-0.15, -0.1) is 0 Å². The van der Waals surface area contributed by atoms with Gasteiger partial charge in [-0.2, -0.15) is 0 Å². The molecule has 0 aliphatic heterocycles. The molecule has 16 heavy (non-hydrogen) atoms. The number of hydrogen-bond donors (Lipinski definition) is 0. The van der Waals surface area contributed by atoms with Crippen LogP contribution in [0.1, 0.15) is 38.8 Å². The van der Waals surface area contributed by atoms with Crippen LogP contribution in [0.3, 0.4) is 0 Å². The molecule has 0 aliphatic carbocycles. The van der Waals surface area contributed by atoms with E-state index in [1.54, 1.807) is 0 Å². The standard InChI is InChI=1S/C15H22O/c1-11(2)10-16-14-8-7-13(9-12(14)3)15(4,5)6/h7-9H,1,10H2,2-6H3. The molecule has 88 valence electrons. The first-order chi connectivity index (χ1) is 7.30. The lowest BCUT2D eigenvalue weighted by molar-refractivity contribution is 0.350. The molecule has 0 N–H and O–H groups in total. The van der Waals surface area contributed by atoms with Crippen molar-refractivity contribution in [3.8, 4) is 5.75 Å². The van der Waals surface area contributed by atoms with Gasteiger partial charge < -0.3 is 4.74 Å². The monoisotopic (exact) mass is 218 g/mol. The fraction of sp³-hybridized carbons (Fsp3) is 0.467. The Bertz CT molecular complexity index is 383. The van der Waals surface area contributed by atoms with Gasteiger partial charge in [0.2, 0.25) is 0 Å². The third-order valence-corrected chi connectivity index (χ3v) is 2.52. The van der Waals surface area contributed by atoms with E-state index in [-0.39, 0.29) is 5.41 Å². The highest BCUT2D eigenvalue weighted by Gasteiger charge is 2.14. The Morgan fingerprint density at radius 1 is 1.31 bits per heavy atom. The lowest BCUT2D eigenvalue weighted by Gasteiger charge is -2.20. The molecular formula is C15H22O. The predicted molar refractivity (Wildman–Crippen MR) is 70.2 cm³/mol. The van der Waals surface area contributed by atoms with Gasteiger partial charge in [0.1, 0.15) is 12.4 Å². The minimum absolute atomic E-state index is 0.192. The molecule has 0 bridgehead atoms. The second-order valence-electron chi connectivity index (χ2n) is 5.48. The maximum absolute atomic E-state index is 5.67. The lowest BCUT2D eigenvalue weighted by atomic mass is 9.86. The molecule has 1 aromatic rings. The van der Waals surface area contributed by atoms with Gasteiger partial charge in [0.05, 0.1) is 0 Å². The number of hydrogen-bond acceptors (Lipinski definition) is 1. The van der Waals surface area contributed by atoms with Crippen molar-refractivity contribution in [2.75, 3.05) is 6.61 Å². The van der Waals surface area contributed by atoms with Crippen molar-refractivity contribution in [2.24, 2.45) is 0 Å². The molecule has 0 saturated carbocycles. The van der Waals surface area contributed by atoms with Crippen LogP contribution >= 0.6 is 0 Å². The fourth-order valence-corrected chi connectivity index (χ4v) is 1.48. The Balaban J connectivity index is 2.88. The molecule has 0 heterocycles. The minimum Gasteiger partial charge on any atom is -0.489 e. The van der Waals surface area contributed by atoms with Crippen molar-refractivity contribution in [3.05, 3.63) is 41.5 Å². The summed E-state index contributed by atoms with van der Waals surface area (Å²) in [5.74, 6) is 0.955. The molecule has 1 aromatic carbocycles. The maximum atomic E-state index is 5.67. The summed E-state index contributed by atoms with van der Waals surface area (Å²) < 4.78 is 5.67. The maximum Gasteiger partial charge on any atom is 0.122 e. The summed E-state index contributed by atoms with van der Waals surface area (Å²) in [5, 5.41) is 0. The van der Waals surface area contributed by atoms with E-state index in [0.717, 1.165) is 11.3 Å². The summed E-state index contributed by atoms with van der Waals surface area (Å²) in [5.41, 5.74) is 3.76. The van der Waals surface area contributed by atoms with E-state index in [1.165, 1.54) is 11.1 Å². The molecule has 0 spiro atoms. The molecule has 0 saturated heterocycles. The zero-order valence-corrected chi connectivity index (χ0v) is 11.1. The molecule has 1 heteroatoms. The molecule has 0 aliphatic rings. The van der Waals surface area contributed by atoms with Crippen molar-refractivity contribution in [1.82, 2.24) is 0 Å². The van der Waals surface area contributed by atoms with Gasteiger partial charge in [-0.05, 0) is 42.0 Å². The first kappa shape index (κ1) is 12.8. The van der Waals surface area contributed by atoms with Crippen LogP contribution in [-0.2, 0) is 5.41 Å². The highest BCUT2D eigenvalue weighted by Crippen LogP contribution is 2.27. The number of rotatable bonds is 3. The SMILES string of the molecule is C=C(C)COc1ccc(C(C)(C)C)cc1C. The lowest BCUT2D eigenvalue weighted by Crippen LogP contribution is -2.11. The largest absolute Gasteiger partial charge is 0.489 e. The second-order valence-corrected chi connectivity index (χ2v) is 5.48. The van der Waals surface area contributed by atoms with Gasteiger partial charge in [-0.3, -0.25) is 0 Å². The molecule has 0 aromatic heterocycles. The predicted octanol–water partition coefficient (Wildman–Crippen LogP) is 4.25. The van der Waals surface area contributed by atoms with Gasteiger partial charge >= 0.3 is 0 Å². The molecule has 0 amide bonds. The molecule has 1 rings (SSSR count). The normalized spacial score (nSPS) is 11.3. The average Bonchev–Trinajstić information content (AvgIpc) is 2.14. The third-order valence-electron chi connectivity index (χ3n) is 2.52. The van der Waals surface area contributed by atoms with Crippen LogP contribution < -0.4 is 4.74 Å². The quantitative estimate of drug-likeness (QED) is 0.689. The first-order valence-corrected chi connectivity index (χ1v) is 5.69. The van der Waals surface area contributed by atoms with Crippen LogP contribution in [0.5, 0.6) is 5.75 Å². The Morgan fingerprint density at radius 3 is 2.38 bits per heavy atom. The molecular weight excluding hydrogens is 196 g/mol. The summed E-state index contributed by atoms with van der Waals surface area (Å²) >= 11 is 0. The van der Waals surface area contributed by atoms with Crippen molar-refractivity contribution in [1.29, 1.82) is 0 Å². The average molecular weight is 218 g/mol. The molecule has 0 atom stereocenters. The first-order valence-electron chi connectivity index (χ1n) is 5.69. The summed E-state index contributed by atoms with van der Waals surface area (Å²) in [6.07, 6.45) is 0. The van der Waals surface area contributed by atoms with E-state index < -0.39 is 0 Å². The van der Waals surface area contributed by atoms with E-state index in [9.17, 15) is 0 Å². The summed E-state index contributed by atoms with van der Waals surface area (Å²) in [4.78, 5) is 0. The Hall–Kier alpha value is -1.24. The van der Waals surface area contributed by atoms with Crippen LogP contribution in [-0.4, -0.2) is 6.61 Å². The van der Waals surface area contributed by atoms with Crippen molar-refractivity contribution < 1.29 is 4.74 Å². The number of aryl methyl sites for hydroxylation is 1. The Kier molecular flexibility index (Phi) is 3.79. The third kappa shape index (κ3) is 3.41. The smallest absolute Gasteiger partial charge is 0.122 e. The van der Waals surface area contributed by atoms with Gasteiger partial charge in [-0.25, -0.2) is 0 Å². The van der Waals surface area contributed by atoms with Crippen LogP contribution in [0.25, 0.3) is 0 Å². The van der Waals surface area contributed by atoms with Gasteiger partial charge in [-0.1, -0.05) is 39.5 Å². The zero-order valence-electron chi connectivity index (χ0n) is 11.1. The van der Waals surface area contributed by atoms with Crippen LogP contribution in [0.15, 0.2) is 30.4 Å². The summed E-state index contributed by atoms with van der Waals surface area (Å²) in [6, 6.07) is 6.40. The van der Waals surface area contributed by atoms with E-state index in [1.807, 2.05) is 6.92 Å². The van der Waals surface area contributed by atoms with E-state index >= 15 is 0 Å². The Morgan fingerprint density at radius 2 is 1.94 bits per heavy atom. The van der Waals surface area contributed by atoms with Gasteiger partial charge in [0.15, 0.2) is 0 Å². The number of benzene rings is 1. The van der Waals surface area contributed by atoms with Crippen molar-refractivity contribution in [2.45, 2.75) is 40.0 Å². The molecule has 0 radical (unpaired) electrons. The summed E-state index contributed by atoms with van der Waals surface area (Å²) in [6.45, 7) is 15.1. The zero-order chi connectivity index (χ0) is 12.3. The van der Waals surface area contributed by atoms with Crippen molar-refractivity contribution >= 4 is 0 Å². The molecule has 0 unspecified atom stereocenters. The number of ether oxygens (including phenoxy) is 1. The summed E-state index contributed by atoms with van der Waals surface area (Å²) in [7, 11) is 0. The van der Waals surface area contributed by atoms with Gasteiger partial charge in [0, 0.05) is 0 Å². The van der Waals surface area contributed by atoms with E-state index in [2.05, 4.69) is 52.5 Å². The highest BCUT2D eigenvalue weighted by molar-refractivity contribution is 5.38. The van der Waals surface area contributed by atoms with Crippen LogP contribution in [0.2, 0.25) is 0 Å². The van der Waals surface area contributed by atoms with Crippen molar-refractivity contribution in [3.63, 3.8) is 0 Å². The topological polar surface area (TPSA) is 9.23 Å². The minimum atomic E-state index is 0.192. The Labute approximate surface area is 99.1 Å². The molecule has 0 fully saturated rings. The van der Waals surface area contributed by atoms with E-state index in [4.69, 9.17) is 4.74 Å². The van der Waals surface area contributed by atoms with E-state index in [0.29, 0.717) is 6.61 Å². The second kappa shape index (κ2) is 4.73.